The summed E-state index contributed by atoms with van der Waals surface area (Å²) in [5.41, 5.74) is 0.957. The normalized spacial score (nSPS) is 10.8. The number of nitrogens with one attached hydrogen (secondary N) is 1. The molecule has 0 bridgehead atoms. The molecule has 9 nitrogen and oxygen atoms in total. The van der Waals surface area contributed by atoms with E-state index < -0.39 is 10.8 Å². The molecule has 36 heavy (non-hydrogen) atoms. The van der Waals surface area contributed by atoms with Gasteiger partial charge in [0.1, 0.15) is 24.0 Å². The predicted octanol–water partition coefficient (Wildman–Crippen LogP) is 6.15. The fourth-order valence-corrected chi connectivity index (χ4v) is 3.81. The fraction of sp³-hybridized carbons (Fsp3) is 0.120. The summed E-state index contributed by atoms with van der Waals surface area (Å²) >= 11 is 9.36. The van der Waals surface area contributed by atoms with Crippen LogP contribution in [-0.4, -0.2) is 25.1 Å². The van der Waals surface area contributed by atoms with Crippen LogP contribution in [0.15, 0.2) is 64.6 Å². The first kappa shape index (κ1) is 26.5. The lowest BCUT2D eigenvalue weighted by atomic mass is 10.1. The maximum atomic E-state index is 12.8. The largest absolute Gasteiger partial charge is 0.495 e. The van der Waals surface area contributed by atoms with Crippen molar-refractivity contribution in [2.75, 3.05) is 19.5 Å². The zero-order chi connectivity index (χ0) is 26.2. The van der Waals surface area contributed by atoms with E-state index in [0.29, 0.717) is 26.6 Å². The zero-order valence-electron chi connectivity index (χ0n) is 19.1. The number of benzene rings is 3. The molecule has 0 unspecified atom stereocenters. The topological polar surface area (TPSA) is 124 Å². The molecule has 3 aromatic rings. The van der Waals surface area contributed by atoms with Crippen LogP contribution in [0, 0.1) is 21.4 Å². The Labute approximate surface area is 220 Å². The van der Waals surface area contributed by atoms with Crippen molar-refractivity contribution in [1.29, 1.82) is 5.26 Å². The Morgan fingerprint density at radius 3 is 2.44 bits per heavy atom. The lowest BCUT2D eigenvalue weighted by Gasteiger charge is -2.14. The van der Waals surface area contributed by atoms with E-state index in [1.54, 1.807) is 24.3 Å². The van der Waals surface area contributed by atoms with Gasteiger partial charge < -0.3 is 19.5 Å². The van der Waals surface area contributed by atoms with E-state index in [4.69, 9.17) is 25.8 Å². The summed E-state index contributed by atoms with van der Waals surface area (Å²) in [5, 5.41) is 23.8. The highest BCUT2D eigenvalue weighted by atomic mass is 79.9. The Hall–Kier alpha value is -4.07. The smallest absolute Gasteiger partial charge is 0.271 e. The second kappa shape index (κ2) is 12.1. The van der Waals surface area contributed by atoms with Crippen molar-refractivity contribution in [3.8, 4) is 23.3 Å². The summed E-state index contributed by atoms with van der Waals surface area (Å²) in [7, 11) is 2.83. The third kappa shape index (κ3) is 6.53. The quantitative estimate of drug-likeness (QED) is 0.141. The van der Waals surface area contributed by atoms with Crippen LogP contribution >= 0.6 is 27.5 Å². The number of methoxy groups -OCH3 is 2. The van der Waals surface area contributed by atoms with Crippen molar-refractivity contribution < 1.29 is 23.9 Å². The van der Waals surface area contributed by atoms with Crippen molar-refractivity contribution in [1.82, 2.24) is 0 Å². The van der Waals surface area contributed by atoms with Gasteiger partial charge in [0.15, 0.2) is 11.5 Å². The molecule has 0 spiro atoms. The Kier molecular flexibility index (Phi) is 8.89. The Morgan fingerprint density at radius 2 is 1.83 bits per heavy atom. The SMILES string of the molecule is COc1ccc([N+](=O)[O-])cc1NC(=O)/C(C#N)=C/c1cc(Br)c(OCc2ccc(Cl)cc2)c(OC)c1. The highest BCUT2D eigenvalue weighted by Gasteiger charge is 2.17. The number of amides is 1. The van der Waals surface area contributed by atoms with E-state index in [1.807, 2.05) is 18.2 Å². The minimum atomic E-state index is -0.769. The number of hydrogen-bond donors (Lipinski definition) is 1. The van der Waals surface area contributed by atoms with E-state index >= 15 is 0 Å². The molecule has 11 heteroatoms. The molecule has 0 heterocycles. The van der Waals surface area contributed by atoms with Gasteiger partial charge in [-0.3, -0.25) is 14.9 Å². The standard InChI is InChI=1S/C25H19BrClN3O6/c1-34-22-8-7-19(30(32)33)12-21(22)29-25(31)17(13-28)9-16-10-20(26)24(23(11-16)35-2)36-14-15-3-5-18(27)6-4-15/h3-12H,14H2,1-2H3,(H,29,31)/b17-9+. The van der Waals surface area contributed by atoms with Gasteiger partial charge in [0.05, 0.1) is 29.3 Å². The van der Waals surface area contributed by atoms with Crippen molar-refractivity contribution in [2.45, 2.75) is 6.61 Å². The number of non-ortho nitro benzene ring substituents is 1. The number of carbonyl (C=O) groups excluding carboxylic acids is 1. The molecular formula is C25H19BrClN3O6. The molecule has 3 rings (SSSR count). The second-order valence-corrected chi connectivity index (χ2v) is 8.51. The minimum absolute atomic E-state index is 0.0579. The Bertz CT molecular complexity index is 1370. The number of anilines is 1. The molecule has 1 amide bonds. The van der Waals surface area contributed by atoms with Gasteiger partial charge in [0.2, 0.25) is 0 Å². The molecule has 0 fully saturated rings. The van der Waals surface area contributed by atoms with Crippen molar-refractivity contribution in [2.24, 2.45) is 0 Å². The third-order valence-electron chi connectivity index (χ3n) is 4.87. The summed E-state index contributed by atoms with van der Waals surface area (Å²) in [5.74, 6) is 0.254. The number of rotatable bonds is 9. The molecule has 0 aromatic heterocycles. The number of nitro groups is 1. The van der Waals surface area contributed by atoms with Gasteiger partial charge in [0, 0.05) is 17.2 Å². The molecule has 3 aromatic carbocycles. The van der Waals surface area contributed by atoms with Crippen LogP contribution in [0.1, 0.15) is 11.1 Å². The molecule has 0 aliphatic carbocycles. The van der Waals surface area contributed by atoms with E-state index in [1.165, 1.54) is 32.4 Å². The molecule has 0 saturated heterocycles. The van der Waals surface area contributed by atoms with Crippen molar-refractivity contribution >= 4 is 50.9 Å². The van der Waals surface area contributed by atoms with Gasteiger partial charge in [-0.15, -0.1) is 0 Å². The predicted molar refractivity (Wildman–Crippen MR) is 138 cm³/mol. The van der Waals surface area contributed by atoms with Gasteiger partial charge in [-0.05, 0) is 63.5 Å². The molecule has 0 radical (unpaired) electrons. The van der Waals surface area contributed by atoms with Gasteiger partial charge >= 0.3 is 0 Å². The average molecular weight is 573 g/mol. The van der Waals surface area contributed by atoms with Gasteiger partial charge in [-0.2, -0.15) is 5.26 Å². The first-order valence-corrected chi connectivity index (χ1v) is 11.4. The number of nitriles is 1. The number of hydrogen-bond acceptors (Lipinski definition) is 7. The molecule has 0 aliphatic heterocycles. The van der Waals surface area contributed by atoms with Gasteiger partial charge in [0.25, 0.3) is 11.6 Å². The van der Waals surface area contributed by atoms with Crippen LogP contribution in [0.2, 0.25) is 5.02 Å². The summed E-state index contributed by atoms with van der Waals surface area (Å²) in [6, 6.07) is 16.1. The van der Waals surface area contributed by atoms with Crippen LogP contribution in [0.25, 0.3) is 6.08 Å². The van der Waals surface area contributed by atoms with Crippen LogP contribution in [0.5, 0.6) is 17.2 Å². The zero-order valence-corrected chi connectivity index (χ0v) is 21.4. The monoisotopic (exact) mass is 571 g/mol. The van der Waals surface area contributed by atoms with Crippen molar-refractivity contribution in [3.05, 3.63) is 90.9 Å². The lowest BCUT2D eigenvalue weighted by molar-refractivity contribution is -0.384. The van der Waals surface area contributed by atoms with Crippen molar-refractivity contribution in [3.63, 3.8) is 0 Å². The minimum Gasteiger partial charge on any atom is -0.495 e. The number of halogens is 2. The third-order valence-corrected chi connectivity index (χ3v) is 5.71. The van der Waals surface area contributed by atoms with Crippen LogP contribution in [0.3, 0.4) is 0 Å². The molecule has 0 aliphatic rings. The summed E-state index contributed by atoms with van der Waals surface area (Å²) in [4.78, 5) is 23.3. The molecule has 184 valence electrons. The fourth-order valence-electron chi connectivity index (χ4n) is 3.11. The second-order valence-electron chi connectivity index (χ2n) is 7.21. The summed E-state index contributed by atoms with van der Waals surface area (Å²) < 4.78 is 17.0. The maximum Gasteiger partial charge on any atom is 0.271 e. The Balaban J connectivity index is 1.85. The summed E-state index contributed by atoms with van der Waals surface area (Å²) in [6.45, 7) is 0.262. The lowest BCUT2D eigenvalue weighted by Crippen LogP contribution is -2.14. The average Bonchev–Trinajstić information content (AvgIpc) is 2.87. The van der Waals surface area contributed by atoms with Crippen LogP contribution < -0.4 is 19.5 Å². The van der Waals surface area contributed by atoms with Gasteiger partial charge in [-0.1, -0.05) is 23.7 Å². The molecule has 1 N–H and O–H groups in total. The van der Waals surface area contributed by atoms with E-state index in [-0.39, 0.29) is 29.3 Å². The number of nitro benzene ring substituents is 1. The number of ether oxygens (including phenoxy) is 3. The van der Waals surface area contributed by atoms with Crippen LogP contribution in [0.4, 0.5) is 11.4 Å². The summed E-state index contributed by atoms with van der Waals surface area (Å²) in [6.07, 6.45) is 1.36. The Morgan fingerprint density at radius 1 is 1.14 bits per heavy atom. The first-order chi connectivity index (χ1) is 17.2. The van der Waals surface area contributed by atoms with Crippen LogP contribution in [-0.2, 0) is 11.4 Å². The molecule has 0 atom stereocenters. The number of nitrogens with zero attached hydrogens (tertiary/aromatic N) is 2. The van der Waals surface area contributed by atoms with Gasteiger partial charge in [-0.25, -0.2) is 0 Å². The number of carbonyl (C=O) groups is 1. The maximum absolute atomic E-state index is 12.8. The van der Waals surface area contributed by atoms with E-state index in [9.17, 15) is 20.2 Å². The van der Waals surface area contributed by atoms with E-state index in [2.05, 4.69) is 21.2 Å². The highest BCUT2D eigenvalue weighted by molar-refractivity contribution is 9.10. The van der Waals surface area contributed by atoms with E-state index in [0.717, 1.165) is 11.6 Å². The molecule has 0 saturated carbocycles. The first-order valence-electron chi connectivity index (χ1n) is 10.3. The highest BCUT2D eigenvalue weighted by Crippen LogP contribution is 2.38. The molecular weight excluding hydrogens is 554 g/mol.